The first kappa shape index (κ1) is 15.2. The van der Waals surface area contributed by atoms with Gasteiger partial charge in [0.2, 0.25) is 0 Å². The van der Waals surface area contributed by atoms with E-state index < -0.39 is 0 Å². The van der Waals surface area contributed by atoms with Crippen LogP contribution in [0.4, 0.5) is 0 Å². The second-order valence-corrected chi connectivity index (χ2v) is 7.39. The van der Waals surface area contributed by atoms with Crippen LogP contribution in [-0.2, 0) is 6.42 Å². The Morgan fingerprint density at radius 2 is 2.04 bits per heavy atom. The number of aryl methyl sites for hydroxylation is 1. The normalized spacial score (nSPS) is 30.7. The molecule has 23 heavy (non-hydrogen) atoms. The molecule has 0 saturated carbocycles. The Morgan fingerprint density at radius 3 is 2.74 bits per heavy atom. The van der Waals surface area contributed by atoms with Crippen molar-refractivity contribution in [2.75, 3.05) is 7.05 Å². The molecule has 3 nitrogen and oxygen atoms in total. The number of aromatic nitrogens is 1. The van der Waals surface area contributed by atoms with Crippen LogP contribution in [0.25, 0.3) is 0 Å². The summed E-state index contributed by atoms with van der Waals surface area (Å²) in [6.45, 7) is 2.12. The molecule has 4 rings (SSSR count). The quantitative estimate of drug-likeness (QED) is 0.822. The van der Waals surface area contributed by atoms with Crippen molar-refractivity contribution < 1.29 is 4.52 Å². The van der Waals surface area contributed by atoms with Crippen molar-refractivity contribution in [1.29, 1.82) is 0 Å². The maximum atomic E-state index is 6.08. The molecule has 4 heteroatoms. The van der Waals surface area contributed by atoms with Crippen molar-refractivity contribution in [1.82, 2.24) is 10.1 Å². The Hall–Kier alpha value is -1.32. The van der Waals surface area contributed by atoms with Crippen molar-refractivity contribution in [3.8, 4) is 0 Å². The summed E-state index contributed by atoms with van der Waals surface area (Å²) in [5.74, 6) is 1.92. The molecule has 2 aliphatic rings. The number of hydrogen-bond acceptors (Lipinski definition) is 3. The van der Waals surface area contributed by atoms with Crippen LogP contribution in [0.15, 0.2) is 34.9 Å². The molecule has 1 aromatic carbocycles. The lowest BCUT2D eigenvalue weighted by atomic mass is 9.75. The number of rotatable bonds is 3. The Labute approximate surface area is 142 Å². The molecule has 2 aliphatic heterocycles. The molecule has 2 saturated heterocycles. The van der Waals surface area contributed by atoms with Crippen LogP contribution in [0.1, 0.15) is 55.0 Å². The Kier molecular flexibility index (Phi) is 3.94. The van der Waals surface area contributed by atoms with E-state index >= 15 is 0 Å². The van der Waals surface area contributed by atoms with Crippen molar-refractivity contribution in [2.24, 2.45) is 0 Å². The van der Waals surface area contributed by atoms with Gasteiger partial charge in [0.15, 0.2) is 0 Å². The summed E-state index contributed by atoms with van der Waals surface area (Å²) in [4.78, 5) is 2.56. The number of fused-ring (bicyclic) bond motifs is 2. The van der Waals surface area contributed by atoms with Gasteiger partial charge in [-0.25, -0.2) is 0 Å². The van der Waals surface area contributed by atoms with Crippen molar-refractivity contribution in [3.05, 3.63) is 52.4 Å². The minimum atomic E-state index is 0.382. The minimum absolute atomic E-state index is 0.382. The summed E-state index contributed by atoms with van der Waals surface area (Å²) in [7, 11) is 2.27. The fraction of sp³-hybridized carbons (Fsp3) is 0.526. The summed E-state index contributed by atoms with van der Waals surface area (Å²) in [5, 5.41) is 5.04. The SMILES string of the molecule is CCc1cc([C@H]2[C@@H](c3ccc(Cl)cc3)C[C@@H]3CC[C@H]2N3C)on1. The van der Waals surface area contributed by atoms with Crippen molar-refractivity contribution in [2.45, 2.75) is 56.5 Å². The van der Waals surface area contributed by atoms with Crippen LogP contribution in [0, 0.1) is 0 Å². The van der Waals surface area contributed by atoms with E-state index in [1.165, 1.54) is 24.8 Å². The molecule has 0 unspecified atom stereocenters. The third-order valence-corrected chi connectivity index (χ3v) is 6.09. The Morgan fingerprint density at radius 1 is 1.26 bits per heavy atom. The average molecular weight is 331 g/mol. The van der Waals surface area contributed by atoms with E-state index in [2.05, 4.69) is 42.2 Å². The summed E-state index contributed by atoms with van der Waals surface area (Å²) >= 11 is 6.08. The standard InChI is InChI=1S/C19H23ClN2O/c1-3-14-10-18(23-21-14)19-16(12-4-6-13(20)7-5-12)11-15-8-9-17(19)22(15)2/h4-7,10,15-17,19H,3,8-9,11H2,1-2H3/t15-,16+,17+,19-/m0/s1. The lowest BCUT2D eigenvalue weighted by Crippen LogP contribution is -2.44. The summed E-state index contributed by atoms with van der Waals surface area (Å²) in [5.41, 5.74) is 2.43. The fourth-order valence-corrected chi connectivity index (χ4v) is 4.69. The highest BCUT2D eigenvalue weighted by molar-refractivity contribution is 6.30. The van der Waals surface area contributed by atoms with Gasteiger partial charge in [-0.2, -0.15) is 0 Å². The number of nitrogens with zero attached hydrogens (tertiary/aromatic N) is 2. The van der Waals surface area contributed by atoms with Crippen molar-refractivity contribution >= 4 is 11.6 Å². The molecule has 2 aromatic rings. The zero-order valence-electron chi connectivity index (χ0n) is 13.7. The summed E-state index contributed by atoms with van der Waals surface area (Å²) in [6, 6.07) is 11.8. The van der Waals surface area contributed by atoms with Gasteiger partial charge in [-0.3, -0.25) is 4.90 Å². The van der Waals surface area contributed by atoms with E-state index in [-0.39, 0.29) is 0 Å². The molecule has 0 N–H and O–H groups in total. The molecule has 4 atom stereocenters. The zero-order chi connectivity index (χ0) is 16.0. The van der Waals surface area contributed by atoms with Crippen LogP contribution in [0.2, 0.25) is 5.02 Å². The summed E-state index contributed by atoms with van der Waals surface area (Å²) in [6.07, 6.45) is 4.64. The second kappa shape index (κ2) is 5.95. The highest BCUT2D eigenvalue weighted by atomic mass is 35.5. The van der Waals surface area contributed by atoms with E-state index in [0.717, 1.165) is 22.9 Å². The van der Waals surface area contributed by atoms with Gasteiger partial charge in [0.05, 0.1) is 5.69 Å². The predicted molar refractivity (Wildman–Crippen MR) is 92.0 cm³/mol. The number of benzene rings is 1. The Bertz CT molecular complexity index is 681. The van der Waals surface area contributed by atoms with Crippen LogP contribution >= 0.6 is 11.6 Å². The van der Waals surface area contributed by atoms with Crippen LogP contribution < -0.4 is 0 Å². The number of halogens is 1. The largest absolute Gasteiger partial charge is 0.361 e. The molecule has 0 aliphatic carbocycles. The second-order valence-electron chi connectivity index (χ2n) is 6.96. The van der Waals surface area contributed by atoms with Crippen molar-refractivity contribution in [3.63, 3.8) is 0 Å². The molecule has 0 amide bonds. The number of hydrogen-bond donors (Lipinski definition) is 0. The van der Waals surface area contributed by atoms with Gasteiger partial charge in [0.1, 0.15) is 5.76 Å². The van der Waals surface area contributed by atoms with Gasteiger partial charge < -0.3 is 4.52 Å². The zero-order valence-corrected chi connectivity index (χ0v) is 14.5. The predicted octanol–water partition coefficient (Wildman–Crippen LogP) is 4.62. The van der Waals surface area contributed by atoms with Crippen LogP contribution in [-0.4, -0.2) is 29.2 Å². The molecule has 0 radical (unpaired) electrons. The first-order chi connectivity index (χ1) is 11.2. The molecule has 3 heterocycles. The highest BCUT2D eigenvalue weighted by Gasteiger charge is 2.48. The topological polar surface area (TPSA) is 29.3 Å². The van der Waals surface area contributed by atoms with E-state index in [9.17, 15) is 0 Å². The Balaban J connectivity index is 1.74. The maximum absolute atomic E-state index is 6.08. The third kappa shape index (κ3) is 2.60. The van der Waals surface area contributed by atoms with Gasteiger partial charge in [0, 0.05) is 29.1 Å². The minimum Gasteiger partial charge on any atom is -0.361 e. The third-order valence-electron chi connectivity index (χ3n) is 5.83. The van der Waals surface area contributed by atoms with Gasteiger partial charge >= 0.3 is 0 Å². The van der Waals surface area contributed by atoms with E-state index in [1.807, 2.05) is 12.1 Å². The van der Waals surface area contributed by atoms with Gasteiger partial charge in [-0.15, -0.1) is 0 Å². The molecule has 2 fully saturated rings. The molecule has 0 spiro atoms. The first-order valence-corrected chi connectivity index (χ1v) is 8.98. The maximum Gasteiger partial charge on any atom is 0.142 e. The van der Waals surface area contributed by atoms with Gasteiger partial charge in [0.25, 0.3) is 0 Å². The average Bonchev–Trinajstić information content (AvgIpc) is 3.11. The number of piperidine rings is 1. The van der Waals surface area contributed by atoms with Crippen LogP contribution in [0.3, 0.4) is 0 Å². The first-order valence-electron chi connectivity index (χ1n) is 8.60. The highest BCUT2D eigenvalue weighted by Crippen LogP contribution is 2.51. The van der Waals surface area contributed by atoms with E-state index in [4.69, 9.17) is 16.1 Å². The molecule has 2 bridgehead atoms. The van der Waals surface area contributed by atoms with Gasteiger partial charge in [-0.1, -0.05) is 35.8 Å². The molecule has 1 aromatic heterocycles. The molecule has 122 valence electrons. The summed E-state index contributed by atoms with van der Waals surface area (Å²) < 4.78 is 5.77. The molecular weight excluding hydrogens is 308 g/mol. The van der Waals surface area contributed by atoms with E-state index in [0.29, 0.717) is 23.9 Å². The van der Waals surface area contributed by atoms with Gasteiger partial charge in [-0.05, 0) is 56.3 Å². The van der Waals surface area contributed by atoms with E-state index in [1.54, 1.807) is 0 Å². The molecular formula is C19H23ClN2O. The monoisotopic (exact) mass is 330 g/mol. The van der Waals surface area contributed by atoms with Crippen LogP contribution in [0.5, 0.6) is 0 Å². The smallest absolute Gasteiger partial charge is 0.142 e. The lowest BCUT2D eigenvalue weighted by Gasteiger charge is -2.42. The number of likely N-dealkylation sites (N-methyl/N-ethyl adjacent to an activating group) is 1. The lowest BCUT2D eigenvalue weighted by molar-refractivity contribution is 0.122. The fourth-order valence-electron chi connectivity index (χ4n) is 4.56.